The van der Waals surface area contributed by atoms with Crippen molar-refractivity contribution in [3.8, 4) is 11.5 Å². The minimum Gasteiger partial charge on any atom is -0.493 e. The first kappa shape index (κ1) is 25.8. The number of carbonyl (C=O) groups is 2. The largest absolute Gasteiger partial charge is 0.493 e. The number of H-pyrrole nitrogens is 1. The minimum atomic E-state index is -1.26. The molecule has 0 bridgehead atoms. The number of methoxy groups -OCH3 is 2. The Kier molecular flexibility index (Phi) is 8.54. The number of aromatic nitrogens is 1. The Morgan fingerprint density at radius 2 is 1.66 bits per heavy atom. The van der Waals surface area contributed by atoms with E-state index in [1.54, 1.807) is 14.2 Å². The van der Waals surface area contributed by atoms with Crippen LogP contribution in [0.15, 0.2) is 42.5 Å². The number of carboxylic acid groups (broad SMARTS) is 2. The Hall–Kier alpha value is -3.78. The van der Waals surface area contributed by atoms with Crippen molar-refractivity contribution in [2.24, 2.45) is 0 Å². The standard InChI is InChI=1S/C23H28N2O2.C4H4O4/c1-14-11-18-17-9-10-24-19(23(17)25-20(18)12-15(14)2)7-5-16-6-8-21(26-3)22(13-16)27-4;5-3(6)1-2-4(7)8/h6,8,11-13,19,24-25H,5,7,9-10H2,1-4H3;1-2H,(H,5,6)(H,7,8)/b;2-1-. The molecular weight excluding hydrogens is 448 g/mol. The lowest BCUT2D eigenvalue weighted by molar-refractivity contribution is -0.134. The SMILES string of the molecule is COc1ccc(CCC2NCCc3c2[nH]c2cc(C)c(C)cc32)cc1OC.O=C(O)/C=C\C(=O)O. The van der Waals surface area contributed by atoms with E-state index in [1.807, 2.05) is 6.07 Å². The van der Waals surface area contributed by atoms with Crippen LogP contribution < -0.4 is 14.8 Å². The molecule has 1 aliphatic heterocycles. The summed E-state index contributed by atoms with van der Waals surface area (Å²) in [6.07, 6.45) is 4.24. The number of ether oxygens (including phenoxy) is 2. The highest BCUT2D eigenvalue weighted by molar-refractivity contribution is 5.89. The van der Waals surface area contributed by atoms with Gasteiger partial charge in [0.25, 0.3) is 0 Å². The van der Waals surface area contributed by atoms with Crippen molar-refractivity contribution < 1.29 is 29.3 Å². The summed E-state index contributed by atoms with van der Waals surface area (Å²) in [4.78, 5) is 22.8. The lowest BCUT2D eigenvalue weighted by Gasteiger charge is -2.24. The molecule has 1 unspecified atom stereocenters. The van der Waals surface area contributed by atoms with Gasteiger partial charge in [-0.05, 0) is 86.2 Å². The Bertz CT molecular complexity index is 1230. The molecular formula is C27H32N2O6. The van der Waals surface area contributed by atoms with Crippen LogP contribution in [0.25, 0.3) is 10.9 Å². The molecule has 35 heavy (non-hydrogen) atoms. The molecule has 4 rings (SSSR count). The first-order valence-corrected chi connectivity index (χ1v) is 11.4. The van der Waals surface area contributed by atoms with E-state index in [9.17, 15) is 9.59 Å². The van der Waals surface area contributed by atoms with Crippen molar-refractivity contribution in [2.45, 2.75) is 39.2 Å². The molecule has 0 aliphatic carbocycles. The molecule has 186 valence electrons. The molecule has 4 N–H and O–H groups in total. The van der Waals surface area contributed by atoms with E-state index < -0.39 is 11.9 Å². The van der Waals surface area contributed by atoms with Gasteiger partial charge in [-0.1, -0.05) is 6.07 Å². The normalized spacial score (nSPS) is 14.8. The van der Waals surface area contributed by atoms with E-state index in [4.69, 9.17) is 19.7 Å². The van der Waals surface area contributed by atoms with Crippen LogP contribution >= 0.6 is 0 Å². The van der Waals surface area contributed by atoms with Crippen molar-refractivity contribution in [1.29, 1.82) is 0 Å². The molecule has 0 saturated carbocycles. The quantitative estimate of drug-likeness (QED) is 0.371. The molecule has 1 aromatic heterocycles. The minimum absolute atomic E-state index is 0.356. The van der Waals surface area contributed by atoms with E-state index in [0.717, 1.165) is 37.3 Å². The zero-order valence-corrected chi connectivity index (χ0v) is 20.5. The van der Waals surface area contributed by atoms with Crippen LogP contribution in [0.4, 0.5) is 0 Å². The third-order valence-electron chi connectivity index (χ3n) is 6.21. The molecule has 2 heterocycles. The average Bonchev–Trinajstić information content (AvgIpc) is 3.19. The van der Waals surface area contributed by atoms with Crippen molar-refractivity contribution in [1.82, 2.24) is 10.3 Å². The predicted octanol–water partition coefficient (Wildman–Crippen LogP) is 4.33. The van der Waals surface area contributed by atoms with E-state index in [-0.39, 0.29) is 0 Å². The van der Waals surface area contributed by atoms with Gasteiger partial charge in [-0.15, -0.1) is 0 Å². The fourth-order valence-electron chi connectivity index (χ4n) is 4.31. The predicted molar refractivity (Wildman–Crippen MR) is 134 cm³/mol. The Labute approximate surface area is 204 Å². The lowest BCUT2D eigenvalue weighted by atomic mass is 9.94. The van der Waals surface area contributed by atoms with Crippen molar-refractivity contribution in [3.63, 3.8) is 0 Å². The molecule has 8 nitrogen and oxygen atoms in total. The number of aliphatic carboxylic acids is 2. The molecule has 2 aromatic carbocycles. The molecule has 0 amide bonds. The summed E-state index contributed by atoms with van der Waals surface area (Å²) in [5.74, 6) is -0.940. The molecule has 1 atom stereocenters. The summed E-state index contributed by atoms with van der Waals surface area (Å²) >= 11 is 0. The number of aromatic amines is 1. The van der Waals surface area contributed by atoms with Crippen molar-refractivity contribution in [2.75, 3.05) is 20.8 Å². The van der Waals surface area contributed by atoms with Gasteiger partial charge >= 0.3 is 11.9 Å². The van der Waals surface area contributed by atoms with Crippen LogP contribution in [0.2, 0.25) is 0 Å². The number of rotatable bonds is 7. The van der Waals surface area contributed by atoms with E-state index in [2.05, 4.69) is 48.4 Å². The fourth-order valence-corrected chi connectivity index (χ4v) is 4.31. The number of aryl methyl sites for hydroxylation is 3. The van der Waals surface area contributed by atoms with Gasteiger partial charge < -0.3 is 30.0 Å². The summed E-state index contributed by atoms with van der Waals surface area (Å²) in [5, 5.41) is 20.7. The first-order chi connectivity index (χ1) is 16.7. The molecule has 1 aliphatic rings. The molecule has 0 saturated heterocycles. The zero-order chi connectivity index (χ0) is 25.5. The number of benzene rings is 2. The molecule has 8 heteroatoms. The third kappa shape index (κ3) is 6.42. The Morgan fingerprint density at radius 3 is 2.29 bits per heavy atom. The second-order valence-corrected chi connectivity index (χ2v) is 8.49. The van der Waals surface area contributed by atoms with Crippen LogP contribution in [0.5, 0.6) is 11.5 Å². The van der Waals surface area contributed by atoms with Gasteiger partial charge in [-0.2, -0.15) is 0 Å². The number of carboxylic acids is 2. The van der Waals surface area contributed by atoms with Gasteiger partial charge in [0, 0.05) is 34.8 Å². The second-order valence-electron chi connectivity index (χ2n) is 8.49. The van der Waals surface area contributed by atoms with E-state index >= 15 is 0 Å². The lowest BCUT2D eigenvalue weighted by Crippen LogP contribution is -2.30. The third-order valence-corrected chi connectivity index (χ3v) is 6.21. The first-order valence-electron chi connectivity index (χ1n) is 11.4. The van der Waals surface area contributed by atoms with Gasteiger partial charge in [-0.3, -0.25) is 0 Å². The molecule has 0 fully saturated rings. The van der Waals surface area contributed by atoms with Crippen LogP contribution in [0.3, 0.4) is 0 Å². The molecule has 0 spiro atoms. The van der Waals surface area contributed by atoms with Gasteiger partial charge in [0.05, 0.1) is 14.2 Å². The van der Waals surface area contributed by atoms with Crippen LogP contribution in [-0.2, 0) is 22.4 Å². The van der Waals surface area contributed by atoms with Crippen LogP contribution in [0.1, 0.15) is 40.4 Å². The average molecular weight is 481 g/mol. The Balaban J connectivity index is 0.000000371. The summed E-state index contributed by atoms with van der Waals surface area (Å²) in [6.45, 7) is 5.41. The number of hydrogen-bond acceptors (Lipinski definition) is 5. The fraction of sp³-hybridized carbons (Fsp3) is 0.333. The van der Waals surface area contributed by atoms with Gasteiger partial charge in [0.1, 0.15) is 0 Å². The second kappa shape index (κ2) is 11.6. The van der Waals surface area contributed by atoms with Crippen LogP contribution in [0, 0.1) is 13.8 Å². The summed E-state index contributed by atoms with van der Waals surface area (Å²) < 4.78 is 10.8. The number of nitrogens with one attached hydrogen (secondary N) is 2. The molecule has 3 aromatic rings. The maximum Gasteiger partial charge on any atom is 0.328 e. The van der Waals surface area contributed by atoms with Crippen LogP contribution in [-0.4, -0.2) is 47.9 Å². The van der Waals surface area contributed by atoms with Crippen molar-refractivity contribution >= 4 is 22.8 Å². The Morgan fingerprint density at radius 1 is 1.00 bits per heavy atom. The summed E-state index contributed by atoms with van der Waals surface area (Å²) in [5.41, 5.74) is 8.10. The van der Waals surface area contributed by atoms with Crippen molar-refractivity contribution in [3.05, 3.63) is 70.4 Å². The summed E-state index contributed by atoms with van der Waals surface area (Å²) in [7, 11) is 3.36. The topological polar surface area (TPSA) is 121 Å². The van der Waals surface area contributed by atoms with Gasteiger partial charge in [0.15, 0.2) is 11.5 Å². The monoisotopic (exact) mass is 480 g/mol. The van der Waals surface area contributed by atoms with E-state index in [1.165, 1.54) is 38.9 Å². The maximum absolute atomic E-state index is 9.55. The van der Waals surface area contributed by atoms with E-state index in [0.29, 0.717) is 18.2 Å². The highest BCUT2D eigenvalue weighted by Crippen LogP contribution is 2.34. The maximum atomic E-state index is 9.55. The zero-order valence-electron chi connectivity index (χ0n) is 20.5. The summed E-state index contributed by atoms with van der Waals surface area (Å²) in [6, 6.07) is 11.2. The number of fused-ring (bicyclic) bond motifs is 3. The smallest absolute Gasteiger partial charge is 0.328 e. The molecule has 0 radical (unpaired) electrons. The van der Waals surface area contributed by atoms with Gasteiger partial charge in [0.2, 0.25) is 0 Å². The number of hydrogen-bond donors (Lipinski definition) is 4. The van der Waals surface area contributed by atoms with Gasteiger partial charge in [-0.25, -0.2) is 9.59 Å². The highest BCUT2D eigenvalue weighted by atomic mass is 16.5. The highest BCUT2D eigenvalue weighted by Gasteiger charge is 2.24.